The molecule has 0 amide bonds. The second-order valence-corrected chi connectivity index (χ2v) is 6.78. The van der Waals surface area contributed by atoms with Crippen molar-refractivity contribution in [3.8, 4) is 0 Å². The zero-order chi connectivity index (χ0) is 15.0. The molecule has 3 rings (SSSR count). The molecule has 0 fully saturated rings. The lowest BCUT2D eigenvalue weighted by Crippen LogP contribution is -2.25. The van der Waals surface area contributed by atoms with Gasteiger partial charge < -0.3 is 15.2 Å². The molecular weight excluding hydrogens is 286 g/mol. The van der Waals surface area contributed by atoms with Crippen molar-refractivity contribution >= 4 is 33.3 Å². The Hall–Kier alpha value is -1.69. The summed E-state index contributed by atoms with van der Waals surface area (Å²) in [6, 6.07) is 0. The fourth-order valence-electron chi connectivity index (χ4n) is 2.86. The van der Waals surface area contributed by atoms with Crippen molar-refractivity contribution in [3.63, 3.8) is 0 Å². The van der Waals surface area contributed by atoms with Crippen LogP contribution in [0.3, 0.4) is 0 Å². The molecule has 2 heterocycles. The Labute approximate surface area is 127 Å². The lowest BCUT2D eigenvalue weighted by Gasteiger charge is -2.18. The molecule has 0 radical (unpaired) electrons. The maximum absolute atomic E-state index is 10.6. The SMILES string of the molecule is Cc1nc(NCCC(=O)[O-])c2c3c(sc2n1)C[C@H](C)CC3. The molecule has 6 heteroatoms. The molecule has 0 saturated carbocycles. The van der Waals surface area contributed by atoms with E-state index in [-0.39, 0.29) is 6.42 Å². The minimum absolute atomic E-state index is 0.0199. The number of nitrogens with one attached hydrogen (secondary N) is 1. The Balaban J connectivity index is 2.00. The van der Waals surface area contributed by atoms with Crippen LogP contribution in [0.25, 0.3) is 10.2 Å². The number of thiophene rings is 1. The number of carboxylic acids is 1. The second kappa shape index (κ2) is 5.60. The highest BCUT2D eigenvalue weighted by molar-refractivity contribution is 7.19. The highest BCUT2D eigenvalue weighted by Crippen LogP contribution is 2.39. The van der Waals surface area contributed by atoms with Crippen LogP contribution in [0.15, 0.2) is 0 Å². The summed E-state index contributed by atoms with van der Waals surface area (Å²) < 4.78 is 0. The number of hydrogen-bond acceptors (Lipinski definition) is 6. The lowest BCUT2D eigenvalue weighted by molar-refractivity contribution is -0.305. The smallest absolute Gasteiger partial charge is 0.138 e. The molecule has 5 nitrogen and oxygen atoms in total. The number of fused-ring (bicyclic) bond motifs is 3. The number of aliphatic carboxylic acids is 1. The number of aryl methyl sites for hydroxylation is 2. The number of rotatable bonds is 4. The third kappa shape index (κ3) is 2.85. The summed E-state index contributed by atoms with van der Waals surface area (Å²) in [5, 5.41) is 14.8. The maximum atomic E-state index is 10.6. The van der Waals surface area contributed by atoms with Gasteiger partial charge in [-0.2, -0.15) is 0 Å². The Morgan fingerprint density at radius 1 is 1.48 bits per heavy atom. The van der Waals surface area contributed by atoms with Crippen molar-refractivity contribution in [2.24, 2.45) is 5.92 Å². The van der Waals surface area contributed by atoms with Crippen molar-refractivity contribution in [2.45, 2.75) is 39.5 Å². The number of aromatic nitrogens is 2. The van der Waals surface area contributed by atoms with Crippen molar-refractivity contribution in [1.29, 1.82) is 0 Å². The monoisotopic (exact) mass is 304 g/mol. The van der Waals surface area contributed by atoms with Gasteiger partial charge in [-0.25, -0.2) is 9.97 Å². The van der Waals surface area contributed by atoms with Crippen LogP contribution in [0.2, 0.25) is 0 Å². The van der Waals surface area contributed by atoms with E-state index < -0.39 is 5.97 Å². The van der Waals surface area contributed by atoms with E-state index in [2.05, 4.69) is 22.2 Å². The number of nitrogens with zero attached hydrogens (tertiary/aromatic N) is 2. The van der Waals surface area contributed by atoms with Crippen molar-refractivity contribution in [2.75, 3.05) is 11.9 Å². The molecule has 1 atom stereocenters. The summed E-state index contributed by atoms with van der Waals surface area (Å²) >= 11 is 1.75. The summed E-state index contributed by atoms with van der Waals surface area (Å²) in [6.45, 7) is 4.48. The summed E-state index contributed by atoms with van der Waals surface area (Å²) in [7, 11) is 0. The predicted molar refractivity (Wildman–Crippen MR) is 81.5 cm³/mol. The van der Waals surface area contributed by atoms with E-state index in [0.29, 0.717) is 18.3 Å². The van der Waals surface area contributed by atoms with Gasteiger partial charge in [0.25, 0.3) is 0 Å². The molecule has 2 aromatic rings. The van der Waals surface area contributed by atoms with Crippen LogP contribution in [-0.2, 0) is 17.6 Å². The zero-order valence-electron chi connectivity index (χ0n) is 12.2. The number of carboxylic acid groups (broad SMARTS) is 1. The average molecular weight is 304 g/mol. The van der Waals surface area contributed by atoms with Crippen LogP contribution in [0.1, 0.15) is 36.0 Å². The van der Waals surface area contributed by atoms with Crippen LogP contribution < -0.4 is 10.4 Å². The third-order valence-corrected chi connectivity index (χ3v) is 5.04. The summed E-state index contributed by atoms with van der Waals surface area (Å²) in [5.41, 5.74) is 1.35. The fraction of sp³-hybridized carbons (Fsp3) is 0.533. The van der Waals surface area contributed by atoms with Gasteiger partial charge >= 0.3 is 0 Å². The maximum Gasteiger partial charge on any atom is 0.138 e. The van der Waals surface area contributed by atoms with E-state index >= 15 is 0 Å². The third-order valence-electron chi connectivity index (χ3n) is 3.89. The quantitative estimate of drug-likeness (QED) is 0.929. The minimum atomic E-state index is -1.05. The van der Waals surface area contributed by atoms with Gasteiger partial charge in [-0.1, -0.05) is 6.92 Å². The van der Waals surface area contributed by atoms with Gasteiger partial charge in [0.15, 0.2) is 0 Å². The minimum Gasteiger partial charge on any atom is -0.550 e. The molecule has 0 aliphatic heterocycles. The first-order valence-electron chi connectivity index (χ1n) is 7.27. The van der Waals surface area contributed by atoms with Gasteiger partial charge in [0, 0.05) is 23.8 Å². The highest BCUT2D eigenvalue weighted by Gasteiger charge is 2.23. The molecule has 1 N–H and O–H groups in total. The number of hydrogen-bond donors (Lipinski definition) is 1. The number of carbonyl (C=O) groups excluding carboxylic acids is 1. The average Bonchev–Trinajstić information content (AvgIpc) is 2.74. The van der Waals surface area contributed by atoms with Crippen LogP contribution in [0.4, 0.5) is 5.82 Å². The highest BCUT2D eigenvalue weighted by atomic mass is 32.1. The first-order chi connectivity index (χ1) is 10.0. The standard InChI is InChI=1S/C15H19N3O2S/c1-8-3-4-10-11(7-8)21-15-13(10)14(17-9(2)18-15)16-6-5-12(19)20/h8H,3-7H2,1-2H3,(H,19,20)(H,16,17,18)/p-1/t8-/m1/s1. The molecule has 0 bridgehead atoms. The Morgan fingerprint density at radius 2 is 2.29 bits per heavy atom. The number of carbonyl (C=O) groups is 1. The largest absolute Gasteiger partial charge is 0.550 e. The van der Waals surface area contributed by atoms with Gasteiger partial charge in [-0.3, -0.25) is 0 Å². The fourth-order valence-corrected chi connectivity index (χ4v) is 4.29. The Kier molecular flexibility index (Phi) is 3.80. The Bertz CT molecular complexity index is 696. The molecule has 0 unspecified atom stereocenters. The van der Waals surface area contributed by atoms with E-state index in [4.69, 9.17) is 0 Å². The first-order valence-corrected chi connectivity index (χ1v) is 8.09. The lowest BCUT2D eigenvalue weighted by atomic mass is 9.89. The summed E-state index contributed by atoms with van der Waals surface area (Å²) in [4.78, 5) is 22.0. The van der Waals surface area contributed by atoms with Gasteiger partial charge in [0.05, 0.1) is 5.39 Å². The van der Waals surface area contributed by atoms with E-state index in [1.807, 2.05) is 6.92 Å². The summed E-state index contributed by atoms with van der Waals surface area (Å²) in [5.74, 6) is 1.15. The van der Waals surface area contributed by atoms with Crippen LogP contribution in [0, 0.1) is 12.8 Å². The van der Waals surface area contributed by atoms with Gasteiger partial charge in [-0.15, -0.1) is 11.3 Å². The molecule has 2 aromatic heterocycles. The van der Waals surface area contributed by atoms with E-state index in [1.165, 1.54) is 16.9 Å². The summed E-state index contributed by atoms with van der Waals surface area (Å²) in [6.07, 6.45) is 3.32. The van der Waals surface area contributed by atoms with Crippen LogP contribution in [-0.4, -0.2) is 22.5 Å². The molecular formula is C15H18N3O2S-. The van der Waals surface area contributed by atoms with Gasteiger partial charge in [-0.05, 0) is 37.7 Å². The molecule has 0 saturated heterocycles. The molecule has 1 aliphatic carbocycles. The van der Waals surface area contributed by atoms with Gasteiger partial charge in [0.2, 0.25) is 0 Å². The van der Waals surface area contributed by atoms with Gasteiger partial charge in [0.1, 0.15) is 16.5 Å². The van der Waals surface area contributed by atoms with E-state index in [0.717, 1.165) is 28.9 Å². The zero-order valence-corrected chi connectivity index (χ0v) is 13.0. The first kappa shape index (κ1) is 14.3. The molecule has 0 aromatic carbocycles. The Morgan fingerprint density at radius 3 is 3.05 bits per heavy atom. The molecule has 21 heavy (non-hydrogen) atoms. The molecule has 112 valence electrons. The molecule has 0 spiro atoms. The number of anilines is 1. The topological polar surface area (TPSA) is 77.9 Å². The van der Waals surface area contributed by atoms with Crippen LogP contribution in [0.5, 0.6) is 0 Å². The van der Waals surface area contributed by atoms with E-state index in [9.17, 15) is 9.90 Å². The van der Waals surface area contributed by atoms with E-state index in [1.54, 1.807) is 11.3 Å². The van der Waals surface area contributed by atoms with Crippen molar-refractivity contribution in [1.82, 2.24) is 9.97 Å². The molecule has 1 aliphatic rings. The second-order valence-electron chi connectivity index (χ2n) is 5.70. The van der Waals surface area contributed by atoms with Crippen molar-refractivity contribution in [3.05, 3.63) is 16.3 Å². The van der Waals surface area contributed by atoms with Crippen LogP contribution >= 0.6 is 11.3 Å². The predicted octanol–water partition coefficient (Wildman–Crippen LogP) is 1.68. The van der Waals surface area contributed by atoms with Crippen molar-refractivity contribution < 1.29 is 9.90 Å². The normalized spacial score (nSPS) is 17.7.